The molecule has 6 nitrogen and oxygen atoms in total. The van der Waals surface area contributed by atoms with Crippen LogP contribution in [0.3, 0.4) is 0 Å². The minimum Gasteiger partial charge on any atom is -0.495 e. The van der Waals surface area contributed by atoms with E-state index in [1.807, 2.05) is 28.8 Å². The van der Waals surface area contributed by atoms with Gasteiger partial charge in [-0.1, -0.05) is 60.6 Å². The Labute approximate surface area is 169 Å². The molecule has 1 heterocycles. The summed E-state index contributed by atoms with van der Waals surface area (Å²) in [6.45, 7) is 4.12. The van der Waals surface area contributed by atoms with E-state index in [1.165, 1.54) is 17.3 Å². The van der Waals surface area contributed by atoms with Gasteiger partial charge in [-0.15, -0.1) is 10.2 Å². The molecule has 1 amide bonds. The molecule has 0 bridgehead atoms. The van der Waals surface area contributed by atoms with Crippen molar-refractivity contribution in [3.8, 4) is 11.4 Å². The summed E-state index contributed by atoms with van der Waals surface area (Å²) >= 11 is 1.35. The summed E-state index contributed by atoms with van der Waals surface area (Å²) in [6.07, 6.45) is 2.45. The first-order valence-corrected chi connectivity index (χ1v) is 10.1. The zero-order valence-electron chi connectivity index (χ0n) is 16.3. The number of aromatic nitrogens is 3. The van der Waals surface area contributed by atoms with Crippen LogP contribution < -0.4 is 10.1 Å². The van der Waals surface area contributed by atoms with Gasteiger partial charge in [0.25, 0.3) is 0 Å². The number of hydrogen-bond donors (Lipinski definition) is 1. The minimum atomic E-state index is -0.0352. The summed E-state index contributed by atoms with van der Waals surface area (Å²) < 4.78 is 7.24. The van der Waals surface area contributed by atoms with Crippen molar-refractivity contribution >= 4 is 17.7 Å². The molecule has 0 aliphatic rings. The number of thioether (sulfide) groups is 1. The van der Waals surface area contributed by atoms with E-state index in [0.29, 0.717) is 5.16 Å². The van der Waals surface area contributed by atoms with E-state index in [-0.39, 0.29) is 17.7 Å². The second kappa shape index (κ2) is 9.41. The van der Waals surface area contributed by atoms with Crippen LogP contribution in [0.5, 0.6) is 5.75 Å². The first-order chi connectivity index (χ1) is 13.6. The van der Waals surface area contributed by atoms with Gasteiger partial charge in [0.05, 0.1) is 24.6 Å². The van der Waals surface area contributed by atoms with Gasteiger partial charge in [-0.2, -0.15) is 0 Å². The maximum Gasteiger partial charge on any atom is 0.230 e. The highest BCUT2D eigenvalue weighted by Crippen LogP contribution is 2.26. The van der Waals surface area contributed by atoms with Gasteiger partial charge in [0, 0.05) is 0 Å². The summed E-state index contributed by atoms with van der Waals surface area (Å²) in [7, 11) is 1.62. The van der Waals surface area contributed by atoms with Crippen molar-refractivity contribution in [1.82, 2.24) is 20.1 Å². The van der Waals surface area contributed by atoms with Gasteiger partial charge in [-0.05, 0) is 31.0 Å². The predicted octanol–water partition coefficient (Wildman–Crippen LogP) is 3.94. The second-order valence-electron chi connectivity index (χ2n) is 6.38. The smallest absolute Gasteiger partial charge is 0.230 e. The summed E-state index contributed by atoms with van der Waals surface area (Å²) in [5.74, 6) is 0.946. The average molecular weight is 397 g/mol. The van der Waals surface area contributed by atoms with Crippen molar-refractivity contribution in [2.24, 2.45) is 0 Å². The predicted molar refractivity (Wildman–Crippen MR) is 111 cm³/mol. The quantitative estimate of drug-likeness (QED) is 0.584. The number of benzene rings is 2. The summed E-state index contributed by atoms with van der Waals surface area (Å²) in [4.78, 5) is 12.5. The molecule has 3 aromatic rings. The molecule has 1 N–H and O–H groups in total. The number of para-hydroxylation sites is 2. The van der Waals surface area contributed by atoms with E-state index in [4.69, 9.17) is 4.74 Å². The molecule has 0 aliphatic heterocycles. The lowest BCUT2D eigenvalue weighted by Crippen LogP contribution is -2.29. The number of nitrogens with one attached hydrogen (secondary N) is 1. The molecule has 0 fully saturated rings. The van der Waals surface area contributed by atoms with Crippen LogP contribution in [0.15, 0.2) is 60.0 Å². The molecule has 0 saturated carbocycles. The molecule has 0 saturated heterocycles. The molecule has 3 rings (SSSR count). The van der Waals surface area contributed by atoms with Gasteiger partial charge < -0.3 is 10.1 Å². The number of amides is 1. The van der Waals surface area contributed by atoms with Crippen LogP contribution in [-0.2, 0) is 4.79 Å². The molecule has 7 heteroatoms. The van der Waals surface area contributed by atoms with E-state index in [2.05, 4.69) is 53.6 Å². The van der Waals surface area contributed by atoms with Gasteiger partial charge in [-0.3, -0.25) is 9.36 Å². The van der Waals surface area contributed by atoms with Gasteiger partial charge >= 0.3 is 0 Å². The Morgan fingerprint density at radius 3 is 2.68 bits per heavy atom. The molecule has 1 atom stereocenters. The van der Waals surface area contributed by atoms with Gasteiger partial charge in [0.1, 0.15) is 12.1 Å². The van der Waals surface area contributed by atoms with Crippen molar-refractivity contribution in [3.63, 3.8) is 0 Å². The Bertz CT molecular complexity index is 924. The standard InChI is InChI=1S/C21H24N4O2S/c1-4-17(16-11-9-15(2)10-12-16)23-20(26)13-28-21-24-22-14-25(21)18-7-5-6-8-19(18)27-3/h5-12,14,17H,4,13H2,1-3H3,(H,23,26)/t17-/m0/s1. The lowest BCUT2D eigenvalue weighted by molar-refractivity contribution is -0.119. The van der Waals surface area contributed by atoms with E-state index in [0.717, 1.165) is 23.4 Å². The third-order valence-electron chi connectivity index (χ3n) is 4.42. The molecular formula is C21H24N4O2S. The van der Waals surface area contributed by atoms with Crippen LogP contribution in [0.2, 0.25) is 0 Å². The summed E-state index contributed by atoms with van der Waals surface area (Å²) in [5, 5.41) is 11.9. The lowest BCUT2D eigenvalue weighted by Gasteiger charge is -2.17. The normalized spacial score (nSPS) is 11.8. The van der Waals surface area contributed by atoms with E-state index < -0.39 is 0 Å². The average Bonchev–Trinajstić information content (AvgIpc) is 3.19. The molecule has 0 radical (unpaired) electrons. The Kier molecular flexibility index (Phi) is 6.71. The Hall–Kier alpha value is -2.80. The largest absolute Gasteiger partial charge is 0.495 e. The topological polar surface area (TPSA) is 69.0 Å². The maximum absolute atomic E-state index is 12.5. The van der Waals surface area contributed by atoms with Crippen LogP contribution in [0, 0.1) is 6.92 Å². The van der Waals surface area contributed by atoms with Crippen molar-refractivity contribution in [2.75, 3.05) is 12.9 Å². The first kappa shape index (κ1) is 19.9. The maximum atomic E-state index is 12.5. The lowest BCUT2D eigenvalue weighted by atomic mass is 10.0. The SMILES string of the molecule is CC[C@H](NC(=O)CSc1nncn1-c1ccccc1OC)c1ccc(C)cc1. The van der Waals surface area contributed by atoms with Crippen molar-refractivity contribution in [2.45, 2.75) is 31.5 Å². The first-order valence-electron chi connectivity index (χ1n) is 9.14. The third-order valence-corrected chi connectivity index (χ3v) is 5.36. The molecule has 0 spiro atoms. The number of hydrogen-bond acceptors (Lipinski definition) is 5. The number of nitrogens with zero attached hydrogens (tertiary/aromatic N) is 3. The summed E-state index contributed by atoms with van der Waals surface area (Å²) in [6, 6.07) is 15.9. The molecule has 2 aromatic carbocycles. The fourth-order valence-electron chi connectivity index (χ4n) is 2.90. The fourth-order valence-corrected chi connectivity index (χ4v) is 3.64. The van der Waals surface area contributed by atoms with Gasteiger partial charge in [0.2, 0.25) is 5.91 Å². The number of ether oxygens (including phenoxy) is 1. The van der Waals surface area contributed by atoms with E-state index >= 15 is 0 Å². The number of carbonyl (C=O) groups excluding carboxylic acids is 1. The molecular weight excluding hydrogens is 372 g/mol. The van der Waals surface area contributed by atoms with Crippen LogP contribution >= 0.6 is 11.8 Å². The van der Waals surface area contributed by atoms with Crippen LogP contribution in [0.1, 0.15) is 30.5 Å². The van der Waals surface area contributed by atoms with E-state index in [1.54, 1.807) is 13.4 Å². The molecule has 146 valence electrons. The molecule has 0 aliphatic carbocycles. The Morgan fingerprint density at radius 1 is 1.21 bits per heavy atom. The van der Waals surface area contributed by atoms with Crippen molar-refractivity contribution in [3.05, 3.63) is 66.0 Å². The monoisotopic (exact) mass is 396 g/mol. The van der Waals surface area contributed by atoms with Crippen LogP contribution in [0.4, 0.5) is 0 Å². The number of rotatable bonds is 8. The molecule has 28 heavy (non-hydrogen) atoms. The highest BCUT2D eigenvalue weighted by Gasteiger charge is 2.16. The van der Waals surface area contributed by atoms with Crippen LogP contribution in [0.25, 0.3) is 5.69 Å². The highest BCUT2D eigenvalue weighted by molar-refractivity contribution is 7.99. The molecule has 0 unspecified atom stereocenters. The number of carbonyl (C=O) groups is 1. The Balaban J connectivity index is 1.65. The van der Waals surface area contributed by atoms with E-state index in [9.17, 15) is 4.79 Å². The van der Waals surface area contributed by atoms with Crippen molar-refractivity contribution in [1.29, 1.82) is 0 Å². The zero-order valence-corrected chi connectivity index (χ0v) is 17.1. The summed E-state index contributed by atoms with van der Waals surface area (Å²) in [5.41, 5.74) is 3.16. The van der Waals surface area contributed by atoms with Gasteiger partial charge in [-0.25, -0.2) is 0 Å². The zero-order chi connectivity index (χ0) is 19.9. The molecule has 1 aromatic heterocycles. The Morgan fingerprint density at radius 2 is 1.96 bits per heavy atom. The van der Waals surface area contributed by atoms with Crippen LogP contribution in [-0.4, -0.2) is 33.5 Å². The van der Waals surface area contributed by atoms with Gasteiger partial charge in [0.15, 0.2) is 5.16 Å². The fraction of sp³-hybridized carbons (Fsp3) is 0.286. The minimum absolute atomic E-state index is 0.000729. The second-order valence-corrected chi connectivity index (χ2v) is 7.33. The number of methoxy groups -OCH3 is 1. The third kappa shape index (κ3) is 4.72. The van der Waals surface area contributed by atoms with Crippen molar-refractivity contribution < 1.29 is 9.53 Å². The number of aryl methyl sites for hydroxylation is 1. The highest BCUT2D eigenvalue weighted by atomic mass is 32.2.